The zero-order valence-corrected chi connectivity index (χ0v) is 16.7. The van der Waals surface area contributed by atoms with Crippen LogP contribution >= 0.6 is 11.3 Å². The van der Waals surface area contributed by atoms with E-state index in [9.17, 15) is 14.7 Å². The summed E-state index contributed by atoms with van der Waals surface area (Å²) in [5.74, 6) is 0.0695. The van der Waals surface area contributed by atoms with Crippen LogP contribution in [0.25, 0.3) is 0 Å². The number of carboxylic acids is 1. The van der Waals surface area contributed by atoms with E-state index in [0.29, 0.717) is 30.0 Å². The minimum atomic E-state index is -0.946. The lowest BCUT2D eigenvalue weighted by molar-refractivity contribution is -0.138. The standard InChI is InChI=1S/C20H23NO5S/c1-11-12(2)27-10-15(11)20(24)21-6-5-13-7-17(25-3)18(26-4)8-14(13)16(21)9-19(22)23/h7-8,10,16H,5-6,9H2,1-4H3,(H,22,23). The van der Waals surface area contributed by atoms with E-state index in [1.165, 1.54) is 11.3 Å². The van der Waals surface area contributed by atoms with Crippen molar-refractivity contribution in [3.05, 3.63) is 44.6 Å². The van der Waals surface area contributed by atoms with Gasteiger partial charge in [-0.25, -0.2) is 0 Å². The Morgan fingerprint density at radius 2 is 1.89 bits per heavy atom. The van der Waals surface area contributed by atoms with Crippen LogP contribution in [0, 0.1) is 13.8 Å². The van der Waals surface area contributed by atoms with Crippen molar-refractivity contribution in [3.8, 4) is 11.5 Å². The van der Waals surface area contributed by atoms with Crippen molar-refractivity contribution in [1.82, 2.24) is 4.90 Å². The van der Waals surface area contributed by atoms with Gasteiger partial charge in [0.15, 0.2) is 11.5 Å². The Hall–Kier alpha value is -2.54. The van der Waals surface area contributed by atoms with Gasteiger partial charge in [0.1, 0.15) is 0 Å². The number of carbonyl (C=O) groups is 2. The van der Waals surface area contributed by atoms with Gasteiger partial charge in [0, 0.05) is 16.8 Å². The molecule has 0 aliphatic carbocycles. The van der Waals surface area contributed by atoms with Crippen molar-refractivity contribution >= 4 is 23.2 Å². The predicted octanol–water partition coefficient (Wildman–Crippen LogP) is 3.60. The van der Waals surface area contributed by atoms with E-state index >= 15 is 0 Å². The van der Waals surface area contributed by atoms with E-state index in [4.69, 9.17) is 9.47 Å². The van der Waals surface area contributed by atoms with Gasteiger partial charge >= 0.3 is 5.97 Å². The van der Waals surface area contributed by atoms with Crippen LogP contribution in [-0.4, -0.2) is 42.6 Å². The molecule has 0 fully saturated rings. The molecular formula is C20H23NO5S. The first kappa shape index (κ1) is 19.2. The molecule has 2 aromatic rings. The quantitative estimate of drug-likeness (QED) is 0.846. The molecule has 0 bridgehead atoms. The second kappa shape index (κ2) is 7.60. The van der Waals surface area contributed by atoms with Crippen LogP contribution in [0.5, 0.6) is 11.5 Å². The summed E-state index contributed by atoms with van der Waals surface area (Å²) in [5.41, 5.74) is 3.40. The topological polar surface area (TPSA) is 76.1 Å². The lowest BCUT2D eigenvalue weighted by Gasteiger charge is -2.37. The molecule has 7 heteroatoms. The number of carbonyl (C=O) groups excluding carboxylic acids is 1. The van der Waals surface area contributed by atoms with Gasteiger partial charge in [0.05, 0.1) is 32.2 Å². The van der Waals surface area contributed by atoms with Crippen LogP contribution in [-0.2, 0) is 11.2 Å². The average molecular weight is 389 g/mol. The fraction of sp³-hybridized carbons (Fsp3) is 0.400. The van der Waals surface area contributed by atoms with Crippen LogP contribution in [0.15, 0.2) is 17.5 Å². The Labute approximate surface area is 162 Å². The average Bonchev–Trinajstić information content (AvgIpc) is 2.98. The molecule has 0 radical (unpaired) electrons. The molecule has 1 atom stereocenters. The summed E-state index contributed by atoms with van der Waals surface area (Å²) in [6.07, 6.45) is 0.482. The number of methoxy groups -OCH3 is 2. The van der Waals surface area contributed by atoms with Crippen molar-refractivity contribution in [2.45, 2.75) is 32.7 Å². The molecule has 3 rings (SSSR count). The first-order chi connectivity index (χ1) is 12.9. The molecule has 0 saturated carbocycles. The Morgan fingerprint density at radius 3 is 2.44 bits per heavy atom. The van der Waals surface area contributed by atoms with Gasteiger partial charge in [-0.15, -0.1) is 11.3 Å². The predicted molar refractivity (Wildman–Crippen MR) is 103 cm³/mol. The van der Waals surface area contributed by atoms with Gasteiger partial charge < -0.3 is 19.5 Å². The van der Waals surface area contributed by atoms with E-state index in [1.807, 2.05) is 25.3 Å². The fourth-order valence-electron chi connectivity index (χ4n) is 3.54. The number of aryl methyl sites for hydroxylation is 1. The lowest BCUT2D eigenvalue weighted by Crippen LogP contribution is -2.41. The number of rotatable bonds is 5. The first-order valence-corrected chi connectivity index (χ1v) is 9.57. The lowest BCUT2D eigenvalue weighted by atomic mass is 9.89. The van der Waals surface area contributed by atoms with E-state index in [1.54, 1.807) is 25.2 Å². The molecule has 0 saturated heterocycles. The van der Waals surface area contributed by atoms with E-state index in [-0.39, 0.29) is 12.3 Å². The maximum absolute atomic E-state index is 13.2. The smallest absolute Gasteiger partial charge is 0.305 e. The molecule has 1 aliphatic heterocycles. The number of ether oxygens (including phenoxy) is 2. The molecule has 0 spiro atoms. The highest BCUT2D eigenvalue weighted by molar-refractivity contribution is 7.10. The SMILES string of the molecule is COc1cc2c(cc1OC)C(CC(=O)O)N(C(=O)c1csc(C)c1C)CC2. The third kappa shape index (κ3) is 3.51. The number of carboxylic acid groups (broad SMARTS) is 1. The maximum Gasteiger partial charge on any atom is 0.305 e. The highest BCUT2D eigenvalue weighted by atomic mass is 32.1. The molecule has 2 heterocycles. The summed E-state index contributed by atoms with van der Waals surface area (Å²) in [4.78, 5) is 27.5. The summed E-state index contributed by atoms with van der Waals surface area (Å²) in [6.45, 7) is 4.37. The largest absolute Gasteiger partial charge is 0.493 e. The monoisotopic (exact) mass is 389 g/mol. The Bertz CT molecular complexity index is 889. The molecule has 1 aromatic carbocycles. The number of aliphatic carboxylic acids is 1. The third-order valence-electron chi connectivity index (χ3n) is 5.15. The van der Waals surface area contributed by atoms with Crippen LogP contribution in [0.4, 0.5) is 0 Å². The molecule has 1 N–H and O–H groups in total. The third-order valence-corrected chi connectivity index (χ3v) is 6.16. The summed E-state index contributed by atoms with van der Waals surface area (Å²) in [6, 6.07) is 3.13. The Kier molecular flexibility index (Phi) is 5.41. The molecule has 1 aromatic heterocycles. The second-order valence-corrected chi connectivity index (χ2v) is 7.68. The van der Waals surface area contributed by atoms with Crippen molar-refractivity contribution in [3.63, 3.8) is 0 Å². The highest BCUT2D eigenvalue weighted by Gasteiger charge is 2.34. The van der Waals surface area contributed by atoms with Crippen molar-refractivity contribution in [2.24, 2.45) is 0 Å². The van der Waals surface area contributed by atoms with Crippen LogP contribution < -0.4 is 9.47 Å². The Morgan fingerprint density at radius 1 is 1.22 bits per heavy atom. The maximum atomic E-state index is 13.2. The molecule has 144 valence electrons. The van der Waals surface area contributed by atoms with Crippen molar-refractivity contribution < 1.29 is 24.2 Å². The van der Waals surface area contributed by atoms with E-state index in [0.717, 1.165) is 21.6 Å². The van der Waals surface area contributed by atoms with Crippen molar-refractivity contribution in [1.29, 1.82) is 0 Å². The van der Waals surface area contributed by atoms with Gasteiger partial charge in [-0.2, -0.15) is 0 Å². The molecule has 6 nitrogen and oxygen atoms in total. The summed E-state index contributed by atoms with van der Waals surface area (Å²) in [5, 5.41) is 11.3. The number of hydrogen-bond donors (Lipinski definition) is 1. The number of nitrogens with zero attached hydrogens (tertiary/aromatic N) is 1. The van der Waals surface area contributed by atoms with Gasteiger partial charge in [-0.1, -0.05) is 0 Å². The zero-order valence-electron chi connectivity index (χ0n) is 15.9. The summed E-state index contributed by atoms with van der Waals surface area (Å²) >= 11 is 1.53. The number of thiophene rings is 1. The van der Waals surface area contributed by atoms with Crippen LogP contribution in [0.3, 0.4) is 0 Å². The fourth-order valence-corrected chi connectivity index (χ4v) is 4.39. The molecular weight excluding hydrogens is 366 g/mol. The zero-order chi connectivity index (χ0) is 19.7. The second-order valence-electron chi connectivity index (χ2n) is 6.60. The number of hydrogen-bond acceptors (Lipinski definition) is 5. The van der Waals surface area contributed by atoms with Gasteiger partial charge in [-0.05, 0) is 49.1 Å². The number of amides is 1. The van der Waals surface area contributed by atoms with Crippen LogP contribution in [0.2, 0.25) is 0 Å². The first-order valence-electron chi connectivity index (χ1n) is 8.69. The van der Waals surface area contributed by atoms with Gasteiger partial charge in [0.25, 0.3) is 5.91 Å². The molecule has 27 heavy (non-hydrogen) atoms. The number of fused-ring (bicyclic) bond motifs is 1. The summed E-state index contributed by atoms with van der Waals surface area (Å²) in [7, 11) is 3.11. The van der Waals surface area contributed by atoms with Crippen molar-refractivity contribution in [2.75, 3.05) is 20.8 Å². The highest BCUT2D eigenvalue weighted by Crippen LogP contribution is 2.40. The minimum Gasteiger partial charge on any atom is -0.493 e. The van der Waals surface area contributed by atoms with E-state index < -0.39 is 12.0 Å². The molecule has 1 unspecified atom stereocenters. The molecule has 1 aliphatic rings. The number of benzene rings is 1. The van der Waals surface area contributed by atoms with Crippen LogP contribution in [0.1, 0.15) is 44.4 Å². The van der Waals surface area contributed by atoms with Gasteiger partial charge in [-0.3, -0.25) is 9.59 Å². The normalized spacial score (nSPS) is 16.0. The minimum absolute atomic E-state index is 0.122. The Balaban J connectivity index is 2.05. The molecule has 1 amide bonds. The van der Waals surface area contributed by atoms with Gasteiger partial charge in [0.2, 0.25) is 0 Å². The summed E-state index contributed by atoms with van der Waals surface area (Å²) < 4.78 is 10.7. The van der Waals surface area contributed by atoms with E-state index in [2.05, 4.69) is 0 Å².